The number of nitrogens with two attached hydrogens (primary N) is 1. The highest BCUT2D eigenvalue weighted by atomic mass is 19.1. The van der Waals surface area contributed by atoms with Gasteiger partial charge in [0.05, 0.1) is 6.10 Å². The number of halogens is 2. The smallest absolute Gasteiger partial charge is 0.134 e. The minimum absolute atomic E-state index is 0.0167. The first-order valence-corrected chi connectivity index (χ1v) is 8.24. The topological polar surface area (TPSA) is 38.5 Å². The summed E-state index contributed by atoms with van der Waals surface area (Å²) in [5.74, 6) is -0.718. The van der Waals surface area contributed by atoms with Crippen LogP contribution in [0.25, 0.3) is 0 Å². The molecule has 2 fully saturated rings. The van der Waals surface area contributed by atoms with E-state index in [0.29, 0.717) is 12.3 Å². The molecule has 1 heterocycles. The van der Waals surface area contributed by atoms with Gasteiger partial charge >= 0.3 is 0 Å². The second-order valence-electron chi connectivity index (χ2n) is 6.50. The number of benzene rings is 1. The molecule has 0 spiro atoms. The van der Waals surface area contributed by atoms with Gasteiger partial charge in [-0.2, -0.15) is 0 Å². The Morgan fingerprint density at radius 2 is 1.64 bits per heavy atom. The Balaban J connectivity index is 1.66. The summed E-state index contributed by atoms with van der Waals surface area (Å²) in [6.45, 7) is 2.18. The van der Waals surface area contributed by atoms with Gasteiger partial charge < -0.3 is 10.5 Å². The standard InChI is InChI=1S/C17H24F2N2O/c18-16-9-14(22-13-5-3-12(20)4-6-13)10-17(19)15(16)11-21-7-1-2-8-21/h9-10,12-13H,1-8,11,20H2. The van der Waals surface area contributed by atoms with Gasteiger partial charge in [0.25, 0.3) is 0 Å². The second-order valence-corrected chi connectivity index (χ2v) is 6.50. The van der Waals surface area contributed by atoms with Crippen molar-refractivity contribution in [3.63, 3.8) is 0 Å². The zero-order chi connectivity index (χ0) is 15.5. The number of rotatable bonds is 4. The lowest BCUT2D eigenvalue weighted by molar-refractivity contribution is 0.146. The van der Waals surface area contributed by atoms with E-state index >= 15 is 0 Å². The fraction of sp³-hybridized carbons (Fsp3) is 0.647. The monoisotopic (exact) mass is 310 g/mol. The van der Waals surface area contributed by atoms with Gasteiger partial charge in [0.15, 0.2) is 0 Å². The van der Waals surface area contributed by atoms with E-state index in [1.54, 1.807) is 0 Å². The van der Waals surface area contributed by atoms with Gasteiger partial charge in [-0.15, -0.1) is 0 Å². The molecule has 122 valence electrons. The van der Waals surface area contributed by atoms with Gasteiger partial charge in [0.1, 0.15) is 17.4 Å². The summed E-state index contributed by atoms with van der Waals surface area (Å²) in [4.78, 5) is 2.09. The molecule has 1 aliphatic heterocycles. The maximum absolute atomic E-state index is 14.2. The van der Waals surface area contributed by atoms with Crippen molar-refractivity contribution in [2.24, 2.45) is 5.73 Å². The number of hydrogen-bond acceptors (Lipinski definition) is 3. The van der Waals surface area contributed by atoms with E-state index in [4.69, 9.17) is 10.5 Å². The molecular weight excluding hydrogens is 286 g/mol. The van der Waals surface area contributed by atoms with E-state index in [0.717, 1.165) is 51.6 Å². The van der Waals surface area contributed by atoms with E-state index in [9.17, 15) is 8.78 Å². The molecule has 0 aromatic heterocycles. The minimum Gasteiger partial charge on any atom is -0.490 e. The molecule has 1 aliphatic carbocycles. The normalized spacial score (nSPS) is 26.3. The molecule has 0 unspecified atom stereocenters. The lowest BCUT2D eigenvalue weighted by atomic mass is 9.94. The van der Waals surface area contributed by atoms with Crippen molar-refractivity contribution in [2.45, 2.75) is 57.2 Å². The number of hydrogen-bond donors (Lipinski definition) is 1. The molecule has 1 saturated heterocycles. The number of ether oxygens (including phenoxy) is 1. The van der Waals surface area contributed by atoms with Crippen LogP contribution >= 0.6 is 0 Å². The van der Waals surface area contributed by atoms with Crippen LogP contribution in [-0.2, 0) is 6.54 Å². The van der Waals surface area contributed by atoms with Crippen molar-refractivity contribution in [1.29, 1.82) is 0 Å². The fourth-order valence-corrected chi connectivity index (χ4v) is 3.36. The highest BCUT2D eigenvalue weighted by molar-refractivity contribution is 5.31. The molecule has 3 rings (SSSR count). The molecule has 1 aromatic rings. The zero-order valence-corrected chi connectivity index (χ0v) is 12.9. The van der Waals surface area contributed by atoms with Gasteiger partial charge in [0, 0.05) is 30.3 Å². The molecule has 0 amide bonds. The summed E-state index contributed by atoms with van der Waals surface area (Å²) in [5, 5.41) is 0. The van der Waals surface area contributed by atoms with Crippen LogP contribution in [0.2, 0.25) is 0 Å². The van der Waals surface area contributed by atoms with E-state index in [1.807, 2.05) is 0 Å². The predicted octanol–water partition coefficient (Wildman–Crippen LogP) is 3.21. The van der Waals surface area contributed by atoms with Crippen molar-refractivity contribution in [3.05, 3.63) is 29.3 Å². The van der Waals surface area contributed by atoms with Crippen LogP contribution in [0, 0.1) is 11.6 Å². The number of likely N-dealkylation sites (tertiary alicyclic amines) is 1. The van der Waals surface area contributed by atoms with Crippen molar-refractivity contribution in [1.82, 2.24) is 4.90 Å². The largest absolute Gasteiger partial charge is 0.490 e. The average molecular weight is 310 g/mol. The summed E-state index contributed by atoms with van der Waals surface area (Å²) in [5.41, 5.74) is 6.01. The maximum Gasteiger partial charge on any atom is 0.134 e. The van der Waals surface area contributed by atoms with Crippen LogP contribution in [0.5, 0.6) is 5.75 Å². The van der Waals surface area contributed by atoms with Gasteiger partial charge in [-0.1, -0.05) is 0 Å². The van der Waals surface area contributed by atoms with Crippen molar-refractivity contribution in [3.8, 4) is 5.75 Å². The first-order chi connectivity index (χ1) is 10.6. The fourth-order valence-electron chi connectivity index (χ4n) is 3.36. The zero-order valence-electron chi connectivity index (χ0n) is 12.9. The van der Waals surface area contributed by atoms with E-state index in [-0.39, 0.29) is 17.7 Å². The van der Waals surface area contributed by atoms with Crippen LogP contribution in [0.4, 0.5) is 8.78 Å². The summed E-state index contributed by atoms with van der Waals surface area (Å²) in [6.07, 6.45) is 5.73. The SMILES string of the molecule is NC1CCC(Oc2cc(F)c(CN3CCCC3)c(F)c2)CC1. The Hall–Kier alpha value is -1.20. The summed E-state index contributed by atoms with van der Waals surface area (Å²) in [6, 6.07) is 2.88. The highest BCUT2D eigenvalue weighted by Crippen LogP contribution is 2.27. The molecule has 22 heavy (non-hydrogen) atoms. The first-order valence-electron chi connectivity index (χ1n) is 8.24. The molecular formula is C17H24F2N2O. The molecule has 1 aromatic carbocycles. The molecule has 0 atom stereocenters. The van der Waals surface area contributed by atoms with Crippen molar-refractivity contribution in [2.75, 3.05) is 13.1 Å². The van der Waals surface area contributed by atoms with Gasteiger partial charge in [-0.25, -0.2) is 8.78 Å². The molecule has 0 bridgehead atoms. The lowest BCUT2D eigenvalue weighted by Gasteiger charge is -2.27. The summed E-state index contributed by atoms with van der Waals surface area (Å²) in [7, 11) is 0. The Kier molecular flexibility index (Phi) is 4.93. The van der Waals surface area contributed by atoms with Crippen LogP contribution in [0.1, 0.15) is 44.1 Å². The first kappa shape index (κ1) is 15.7. The third-order valence-electron chi connectivity index (χ3n) is 4.72. The molecule has 3 nitrogen and oxygen atoms in total. The Bertz CT molecular complexity index is 486. The molecule has 2 aliphatic rings. The third-order valence-corrected chi connectivity index (χ3v) is 4.72. The predicted molar refractivity (Wildman–Crippen MR) is 81.7 cm³/mol. The van der Waals surface area contributed by atoms with Gasteiger partial charge in [-0.05, 0) is 51.6 Å². The Morgan fingerprint density at radius 1 is 1.05 bits per heavy atom. The minimum atomic E-state index is -0.505. The van der Waals surface area contributed by atoms with E-state index in [2.05, 4.69) is 4.90 Å². The third kappa shape index (κ3) is 3.76. The average Bonchev–Trinajstić information content (AvgIpc) is 2.98. The van der Waals surface area contributed by atoms with Crippen molar-refractivity contribution >= 4 is 0 Å². The highest BCUT2D eigenvalue weighted by Gasteiger charge is 2.22. The van der Waals surface area contributed by atoms with Crippen LogP contribution in [-0.4, -0.2) is 30.1 Å². The second kappa shape index (κ2) is 6.92. The van der Waals surface area contributed by atoms with Crippen molar-refractivity contribution < 1.29 is 13.5 Å². The van der Waals surface area contributed by atoms with Crippen LogP contribution < -0.4 is 10.5 Å². The summed E-state index contributed by atoms with van der Waals surface area (Å²) >= 11 is 0. The van der Waals surface area contributed by atoms with Gasteiger partial charge in [-0.3, -0.25) is 4.90 Å². The molecule has 2 N–H and O–H groups in total. The Morgan fingerprint density at radius 3 is 2.23 bits per heavy atom. The number of nitrogens with zero attached hydrogens (tertiary/aromatic N) is 1. The maximum atomic E-state index is 14.2. The lowest BCUT2D eigenvalue weighted by Crippen LogP contribution is -2.31. The van der Waals surface area contributed by atoms with E-state index in [1.165, 1.54) is 12.1 Å². The Labute approximate surface area is 130 Å². The summed E-state index contributed by atoms with van der Waals surface area (Å²) < 4.78 is 34.2. The quantitative estimate of drug-likeness (QED) is 0.928. The van der Waals surface area contributed by atoms with E-state index < -0.39 is 11.6 Å². The molecule has 5 heteroatoms. The molecule has 1 saturated carbocycles. The van der Waals surface area contributed by atoms with Gasteiger partial charge in [0.2, 0.25) is 0 Å². The van der Waals surface area contributed by atoms with Crippen LogP contribution in [0.15, 0.2) is 12.1 Å². The van der Waals surface area contributed by atoms with Crippen LogP contribution in [0.3, 0.4) is 0 Å². The molecule has 0 radical (unpaired) electrons.